The van der Waals surface area contributed by atoms with Crippen LogP contribution in [0, 0.1) is 12.3 Å². The number of fused-ring (bicyclic) bond motifs is 3. The standard InChI is InChI=1S/C16H17N3O/c1-2-5-13(17)16(20)19-9-8-15-12(10-19)11-6-3-4-7-14(11)18-15/h1,3-4,6-7,13,18H,5,8-10,17H2. The highest BCUT2D eigenvalue weighted by Crippen LogP contribution is 2.27. The molecule has 0 fully saturated rings. The number of terminal acetylenes is 1. The maximum atomic E-state index is 12.3. The van der Waals surface area contributed by atoms with Crippen LogP contribution in [0.3, 0.4) is 0 Å². The molecule has 0 spiro atoms. The van der Waals surface area contributed by atoms with E-state index in [1.54, 1.807) is 0 Å². The lowest BCUT2D eigenvalue weighted by atomic mass is 10.0. The van der Waals surface area contributed by atoms with Crippen LogP contribution in [0.25, 0.3) is 10.9 Å². The third kappa shape index (κ3) is 2.06. The van der Waals surface area contributed by atoms with Gasteiger partial charge in [0.1, 0.15) is 0 Å². The molecule has 1 aromatic carbocycles. The molecular formula is C16H17N3O. The highest BCUT2D eigenvalue weighted by Gasteiger charge is 2.26. The molecular weight excluding hydrogens is 250 g/mol. The SMILES string of the molecule is C#CCC(N)C(=O)N1CCc2[nH]c3ccccc3c2C1. The second-order valence-corrected chi connectivity index (χ2v) is 5.15. The number of carbonyl (C=O) groups excluding carboxylic acids is 1. The van der Waals surface area contributed by atoms with Crippen molar-refractivity contribution in [3.63, 3.8) is 0 Å². The number of nitrogens with one attached hydrogen (secondary N) is 1. The number of nitrogens with zero attached hydrogens (tertiary/aromatic N) is 1. The summed E-state index contributed by atoms with van der Waals surface area (Å²) < 4.78 is 0. The second kappa shape index (κ2) is 5.03. The third-order valence-electron chi connectivity index (χ3n) is 3.85. The molecule has 1 aliphatic rings. The van der Waals surface area contributed by atoms with Gasteiger partial charge in [0.25, 0.3) is 0 Å². The predicted octanol–water partition coefficient (Wildman–Crippen LogP) is 1.40. The number of carbonyl (C=O) groups is 1. The Bertz CT molecular complexity index is 695. The normalized spacial score (nSPS) is 15.7. The topological polar surface area (TPSA) is 62.1 Å². The molecule has 4 nitrogen and oxygen atoms in total. The van der Waals surface area contributed by atoms with E-state index in [2.05, 4.69) is 23.0 Å². The van der Waals surface area contributed by atoms with Gasteiger partial charge in [-0.3, -0.25) is 4.79 Å². The number of rotatable bonds is 2. The molecule has 1 aliphatic heterocycles. The van der Waals surface area contributed by atoms with Crippen molar-refractivity contribution in [2.45, 2.75) is 25.4 Å². The lowest BCUT2D eigenvalue weighted by Crippen LogP contribution is -2.45. The van der Waals surface area contributed by atoms with E-state index in [-0.39, 0.29) is 12.3 Å². The molecule has 4 heteroatoms. The van der Waals surface area contributed by atoms with Crippen molar-refractivity contribution in [3.8, 4) is 12.3 Å². The van der Waals surface area contributed by atoms with Crippen molar-refractivity contribution in [1.82, 2.24) is 9.88 Å². The average molecular weight is 267 g/mol. The number of hydrogen-bond acceptors (Lipinski definition) is 2. The lowest BCUT2D eigenvalue weighted by Gasteiger charge is -2.29. The van der Waals surface area contributed by atoms with Gasteiger partial charge in [0, 0.05) is 48.1 Å². The zero-order valence-electron chi connectivity index (χ0n) is 11.2. The van der Waals surface area contributed by atoms with E-state index >= 15 is 0 Å². The summed E-state index contributed by atoms with van der Waals surface area (Å²) in [6, 6.07) is 7.58. The Morgan fingerprint density at radius 1 is 1.50 bits per heavy atom. The fraction of sp³-hybridized carbons (Fsp3) is 0.312. The first kappa shape index (κ1) is 12.8. The van der Waals surface area contributed by atoms with Crippen molar-refractivity contribution < 1.29 is 4.79 Å². The van der Waals surface area contributed by atoms with Crippen molar-refractivity contribution >= 4 is 16.8 Å². The Morgan fingerprint density at radius 2 is 2.30 bits per heavy atom. The van der Waals surface area contributed by atoms with Gasteiger partial charge in [-0.15, -0.1) is 12.3 Å². The van der Waals surface area contributed by atoms with Crippen LogP contribution >= 0.6 is 0 Å². The van der Waals surface area contributed by atoms with Crippen molar-refractivity contribution in [2.75, 3.05) is 6.54 Å². The van der Waals surface area contributed by atoms with Gasteiger partial charge in [-0.2, -0.15) is 0 Å². The fourth-order valence-corrected chi connectivity index (χ4v) is 2.80. The Morgan fingerprint density at radius 3 is 3.10 bits per heavy atom. The maximum Gasteiger partial charge on any atom is 0.240 e. The van der Waals surface area contributed by atoms with Crippen molar-refractivity contribution in [2.24, 2.45) is 5.73 Å². The largest absolute Gasteiger partial charge is 0.358 e. The van der Waals surface area contributed by atoms with Gasteiger partial charge in [-0.25, -0.2) is 0 Å². The summed E-state index contributed by atoms with van der Waals surface area (Å²) in [5.41, 5.74) is 9.37. The minimum atomic E-state index is -0.591. The van der Waals surface area contributed by atoms with Gasteiger partial charge in [0.15, 0.2) is 0 Å². The van der Waals surface area contributed by atoms with Crippen LogP contribution in [0.15, 0.2) is 24.3 Å². The van der Waals surface area contributed by atoms with Gasteiger partial charge in [-0.05, 0) is 6.07 Å². The number of para-hydroxylation sites is 1. The molecule has 2 heterocycles. The summed E-state index contributed by atoms with van der Waals surface area (Å²) in [4.78, 5) is 17.5. The van der Waals surface area contributed by atoms with E-state index in [4.69, 9.17) is 12.2 Å². The minimum Gasteiger partial charge on any atom is -0.358 e. The smallest absolute Gasteiger partial charge is 0.240 e. The first-order valence-corrected chi connectivity index (χ1v) is 6.77. The van der Waals surface area contributed by atoms with Gasteiger partial charge < -0.3 is 15.6 Å². The number of amides is 1. The number of nitrogens with two attached hydrogens (primary N) is 1. The molecule has 1 amide bonds. The van der Waals surface area contributed by atoms with E-state index in [9.17, 15) is 4.79 Å². The Labute approximate surface area is 117 Å². The van der Waals surface area contributed by atoms with Crippen LogP contribution in [-0.2, 0) is 17.8 Å². The quantitative estimate of drug-likeness (QED) is 0.808. The van der Waals surface area contributed by atoms with Gasteiger partial charge in [-0.1, -0.05) is 18.2 Å². The first-order chi connectivity index (χ1) is 9.70. The van der Waals surface area contributed by atoms with Crippen LogP contribution in [0.4, 0.5) is 0 Å². The zero-order chi connectivity index (χ0) is 14.1. The van der Waals surface area contributed by atoms with Crippen LogP contribution in [0.1, 0.15) is 17.7 Å². The highest BCUT2D eigenvalue weighted by molar-refractivity contribution is 5.87. The van der Waals surface area contributed by atoms with Gasteiger partial charge in [0.05, 0.1) is 6.04 Å². The molecule has 0 aliphatic carbocycles. The highest BCUT2D eigenvalue weighted by atomic mass is 16.2. The first-order valence-electron chi connectivity index (χ1n) is 6.77. The molecule has 0 bridgehead atoms. The average Bonchev–Trinajstić information content (AvgIpc) is 2.84. The van der Waals surface area contributed by atoms with Crippen LogP contribution in [0.5, 0.6) is 0 Å². The molecule has 0 saturated carbocycles. The van der Waals surface area contributed by atoms with E-state index in [1.165, 1.54) is 16.6 Å². The fourth-order valence-electron chi connectivity index (χ4n) is 2.80. The molecule has 3 rings (SSSR count). The summed E-state index contributed by atoms with van der Waals surface area (Å²) >= 11 is 0. The Kier molecular flexibility index (Phi) is 3.21. The second-order valence-electron chi connectivity index (χ2n) is 5.15. The zero-order valence-corrected chi connectivity index (χ0v) is 11.2. The van der Waals surface area contributed by atoms with Gasteiger partial charge >= 0.3 is 0 Å². The number of hydrogen-bond donors (Lipinski definition) is 2. The number of H-pyrrole nitrogens is 1. The summed E-state index contributed by atoms with van der Waals surface area (Å²) in [6.07, 6.45) is 6.35. The molecule has 1 unspecified atom stereocenters. The summed E-state index contributed by atoms with van der Waals surface area (Å²) in [5, 5.41) is 1.19. The number of aromatic nitrogens is 1. The molecule has 102 valence electrons. The minimum absolute atomic E-state index is 0.0566. The Balaban J connectivity index is 1.88. The van der Waals surface area contributed by atoms with Crippen LogP contribution < -0.4 is 5.73 Å². The maximum absolute atomic E-state index is 12.3. The Hall–Kier alpha value is -2.25. The third-order valence-corrected chi connectivity index (χ3v) is 3.85. The molecule has 0 radical (unpaired) electrons. The molecule has 1 atom stereocenters. The van der Waals surface area contributed by atoms with E-state index in [0.717, 1.165) is 11.9 Å². The monoisotopic (exact) mass is 267 g/mol. The number of aromatic amines is 1. The molecule has 1 aromatic heterocycles. The summed E-state index contributed by atoms with van der Waals surface area (Å²) in [6.45, 7) is 1.30. The van der Waals surface area contributed by atoms with Crippen LogP contribution in [0.2, 0.25) is 0 Å². The van der Waals surface area contributed by atoms with Crippen molar-refractivity contribution in [1.29, 1.82) is 0 Å². The van der Waals surface area contributed by atoms with Crippen molar-refractivity contribution in [3.05, 3.63) is 35.5 Å². The lowest BCUT2D eigenvalue weighted by molar-refractivity contribution is -0.133. The number of benzene rings is 1. The molecule has 20 heavy (non-hydrogen) atoms. The van der Waals surface area contributed by atoms with E-state index in [1.807, 2.05) is 17.0 Å². The van der Waals surface area contributed by atoms with Crippen LogP contribution in [-0.4, -0.2) is 28.4 Å². The summed E-state index contributed by atoms with van der Waals surface area (Å²) in [7, 11) is 0. The molecule has 2 aromatic rings. The van der Waals surface area contributed by atoms with E-state index in [0.29, 0.717) is 13.1 Å². The van der Waals surface area contributed by atoms with Gasteiger partial charge in [0.2, 0.25) is 5.91 Å². The van der Waals surface area contributed by atoms with E-state index < -0.39 is 6.04 Å². The molecule has 0 saturated heterocycles. The molecule has 3 N–H and O–H groups in total. The summed E-state index contributed by atoms with van der Waals surface area (Å²) in [5.74, 6) is 2.40. The predicted molar refractivity (Wildman–Crippen MR) is 78.8 cm³/mol.